The van der Waals surface area contributed by atoms with Crippen molar-refractivity contribution in [1.82, 2.24) is 0 Å². The molecule has 0 aromatic carbocycles. The van der Waals surface area contributed by atoms with E-state index in [4.69, 9.17) is 5.11 Å². The van der Waals surface area contributed by atoms with Crippen LogP contribution >= 0.6 is 15.9 Å². The van der Waals surface area contributed by atoms with Gasteiger partial charge in [-0.2, -0.15) is 0 Å². The van der Waals surface area contributed by atoms with Gasteiger partial charge in [-0.3, -0.25) is 0 Å². The fourth-order valence-electron chi connectivity index (χ4n) is 0.450. The van der Waals surface area contributed by atoms with Crippen LogP contribution in [0.15, 0.2) is 22.8 Å². The second-order valence-electron chi connectivity index (χ2n) is 1.53. The third kappa shape index (κ3) is 1.32. The lowest BCUT2D eigenvalue weighted by Crippen LogP contribution is -2.24. The molecule has 0 aliphatic carbocycles. The van der Waals surface area contributed by atoms with Crippen LogP contribution in [0.25, 0.3) is 0 Å². The summed E-state index contributed by atoms with van der Waals surface area (Å²) < 4.78 is 1.07. The molecule has 48 valence electrons. The first-order valence-corrected chi connectivity index (χ1v) is 3.07. The van der Waals surface area contributed by atoms with Crippen LogP contribution in [0.5, 0.6) is 5.88 Å². The summed E-state index contributed by atoms with van der Waals surface area (Å²) in [6.45, 7) is 0. The van der Waals surface area contributed by atoms with Gasteiger partial charge in [0.15, 0.2) is 6.20 Å². The number of rotatable bonds is 0. The van der Waals surface area contributed by atoms with Gasteiger partial charge in [-0.15, -0.1) is 4.73 Å². The van der Waals surface area contributed by atoms with Gasteiger partial charge in [0.2, 0.25) is 0 Å². The summed E-state index contributed by atoms with van der Waals surface area (Å²) in [7, 11) is 0. The van der Waals surface area contributed by atoms with E-state index in [0.29, 0.717) is 9.20 Å². The van der Waals surface area contributed by atoms with Crippen LogP contribution in [0, 0.1) is 5.21 Å². The molecule has 0 atom stereocenters. The summed E-state index contributed by atoms with van der Waals surface area (Å²) in [6.07, 6.45) is 1.22. The first kappa shape index (κ1) is 6.35. The van der Waals surface area contributed by atoms with E-state index < -0.39 is 0 Å². The monoisotopic (exact) mass is 189 g/mol. The summed E-state index contributed by atoms with van der Waals surface area (Å²) in [4.78, 5) is 0. The van der Waals surface area contributed by atoms with Crippen LogP contribution in [-0.4, -0.2) is 5.11 Å². The molecule has 0 aliphatic rings. The molecule has 0 amide bonds. The Bertz CT molecular complexity index is 226. The van der Waals surface area contributed by atoms with Gasteiger partial charge in [0, 0.05) is 10.5 Å². The molecule has 3 nitrogen and oxygen atoms in total. The Hall–Kier alpha value is -0.770. The highest BCUT2D eigenvalue weighted by Gasteiger charge is 1.99. The Labute approximate surface area is 60.3 Å². The summed E-state index contributed by atoms with van der Waals surface area (Å²) in [6, 6.07) is 2.87. The maximum Gasteiger partial charge on any atom is 0.378 e. The highest BCUT2D eigenvalue weighted by atomic mass is 79.9. The standard InChI is InChI=1S/C5H4BrNO2/c6-4-1-2-7(9)5(8)3-4/h1-3,8H. The Balaban J connectivity index is 3.17. The fourth-order valence-corrected chi connectivity index (χ4v) is 0.773. The zero-order valence-electron chi connectivity index (χ0n) is 4.41. The van der Waals surface area contributed by atoms with Crippen molar-refractivity contribution in [1.29, 1.82) is 0 Å². The molecular formula is C5H4BrNO2. The van der Waals surface area contributed by atoms with Gasteiger partial charge < -0.3 is 10.3 Å². The molecule has 1 aromatic heterocycles. The van der Waals surface area contributed by atoms with E-state index in [0.717, 1.165) is 0 Å². The first-order valence-electron chi connectivity index (χ1n) is 2.28. The molecule has 9 heavy (non-hydrogen) atoms. The normalized spacial score (nSPS) is 9.44. The molecule has 1 aromatic rings. The molecule has 0 fully saturated rings. The average molecular weight is 190 g/mol. The minimum Gasteiger partial charge on any atom is -0.616 e. The van der Waals surface area contributed by atoms with Crippen molar-refractivity contribution < 1.29 is 9.84 Å². The molecule has 1 heterocycles. The van der Waals surface area contributed by atoms with Gasteiger partial charge in [0.25, 0.3) is 0 Å². The molecule has 1 N–H and O–H groups in total. The molecule has 0 spiro atoms. The maximum absolute atomic E-state index is 10.4. The number of nitrogens with zero attached hydrogens (tertiary/aromatic N) is 1. The number of aromatic hydroxyl groups is 1. The van der Waals surface area contributed by atoms with Crippen LogP contribution in [0.2, 0.25) is 0 Å². The average Bonchev–Trinajstić information content (AvgIpc) is 1.80. The molecule has 0 saturated carbocycles. The largest absolute Gasteiger partial charge is 0.616 e. The Morgan fingerprint density at radius 3 is 2.78 bits per heavy atom. The molecule has 0 saturated heterocycles. The summed E-state index contributed by atoms with van der Waals surface area (Å²) in [5.74, 6) is -0.302. The molecule has 0 aliphatic heterocycles. The number of hydrogen-bond acceptors (Lipinski definition) is 2. The van der Waals surface area contributed by atoms with Crippen LogP contribution < -0.4 is 4.73 Å². The predicted molar refractivity (Wildman–Crippen MR) is 34.8 cm³/mol. The van der Waals surface area contributed by atoms with Crippen LogP contribution in [0.4, 0.5) is 0 Å². The van der Waals surface area contributed by atoms with E-state index in [-0.39, 0.29) is 5.88 Å². The zero-order valence-corrected chi connectivity index (χ0v) is 6.00. The highest BCUT2D eigenvalue weighted by molar-refractivity contribution is 9.10. The van der Waals surface area contributed by atoms with Gasteiger partial charge in [0.05, 0.1) is 6.07 Å². The minimum atomic E-state index is -0.302. The van der Waals surface area contributed by atoms with Crippen molar-refractivity contribution in [2.24, 2.45) is 0 Å². The van der Waals surface area contributed by atoms with Crippen molar-refractivity contribution in [2.75, 3.05) is 0 Å². The molecule has 1 rings (SSSR count). The van der Waals surface area contributed by atoms with Gasteiger partial charge in [-0.25, -0.2) is 0 Å². The molecular weight excluding hydrogens is 186 g/mol. The first-order chi connectivity index (χ1) is 4.20. The van der Waals surface area contributed by atoms with Crippen molar-refractivity contribution >= 4 is 15.9 Å². The van der Waals surface area contributed by atoms with Gasteiger partial charge in [-0.05, 0) is 0 Å². The maximum atomic E-state index is 10.4. The molecule has 4 heteroatoms. The lowest BCUT2D eigenvalue weighted by atomic mass is 10.5. The van der Waals surface area contributed by atoms with Crippen molar-refractivity contribution in [3.63, 3.8) is 0 Å². The topological polar surface area (TPSA) is 47.2 Å². The van der Waals surface area contributed by atoms with E-state index in [1.165, 1.54) is 12.3 Å². The Morgan fingerprint density at radius 2 is 2.33 bits per heavy atom. The van der Waals surface area contributed by atoms with E-state index in [9.17, 15) is 5.21 Å². The van der Waals surface area contributed by atoms with Gasteiger partial charge >= 0.3 is 5.88 Å². The molecule has 0 bridgehead atoms. The van der Waals surface area contributed by atoms with E-state index in [2.05, 4.69) is 15.9 Å². The smallest absolute Gasteiger partial charge is 0.378 e. The second kappa shape index (κ2) is 2.23. The molecule has 0 radical (unpaired) electrons. The Kier molecular flexibility index (Phi) is 1.57. The number of pyridine rings is 1. The van der Waals surface area contributed by atoms with Crippen molar-refractivity contribution in [2.45, 2.75) is 0 Å². The third-order valence-corrected chi connectivity index (χ3v) is 1.36. The van der Waals surface area contributed by atoms with Crippen molar-refractivity contribution in [3.8, 4) is 5.88 Å². The predicted octanol–water partition coefficient (Wildman–Crippen LogP) is 0.788. The zero-order chi connectivity index (χ0) is 6.85. The minimum absolute atomic E-state index is 0.302. The van der Waals surface area contributed by atoms with Crippen LogP contribution in [0.3, 0.4) is 0 Å². The lowest BCUT2D eigenvalue weighted by Gasteiger charge is -1.95. The van der Waals surface area contributed by atoms with E-state index in [1.807, 2.05) is 0 Å². The molecule has 0 unspecified atom stereocenters. The SMILES string of the molecule is [O-][n+]1ccc(Br)cc1O. The van der Waals surface area contributed by atoms with E-state index in [1.54, 1.807) is 6.07 Å². The lowest BCUT2D eigenvalue weighted by molar-refractivity contribution is -0.613. The summed E-state index contributed by atoms with van der Waals surface area (Å²) >= 11 is 3.08. The summed E-state index contributed by atoms with van der Waals surface area (Å²) in [5, 5.41) is 19.1. The van der Waals surface area contributed by atoms with E-state index >= 15 is 0 Å². The van der Waals surface area contributed by atoms with Crippen LogP contribution in [0.1, 0.15) is 0 Å². The third-order valence-electron chi connectivity index (χ3n) is 0.862. The fraction of sp³-hybridized carbons (Fsp3) is 0. The van der Waals surface area contributed by atoms with Crippen molar-refractivity contribution in [3.05, 3.63) is 28.0 Å². The number of hydrogen-bond donors (Lipinski definition) is 1. The number of halogens is 1. The van der Waals surface area contributed by atoms with Gasteiger partial charge in [0.1, 0.15) is 0 Å². The quantitative estimate of drug-likeness (QED) is 0.485. The number of aromatic nitrogens is 1. The highest BCUT2D eigenvalue weighted by Crippen LogP contribution is 2.10. The van der Waals surface area contributed by atoms with Crippen LogP contribution in [-0.2, 0) is 0 Å². The summed E-state index contributed by atoms with van der Waals surface area (Å²) in [5.41, 5.74) is 0. The second-order valence-corrected chi connectivity index (χ2v) is 2.44. The Morgan fingerprint density at radius 1 is 1.67 bits per heavy atom. The van der Waals surface area contributed by atoms with Gasteiger partial charge in [-0.1, -0.05) is 15.9 Å².